The number of hydrogen-bond donors (Lipinski definition) is 14. The molecule has 0 aromatic carbocycles. The number of aliphatic hydroxyl groups excluding tert-OH is 5. The molecule has 2 aliphatic rings. The molecule has 0 aromatic heterocycles. The molecule has 15 N–H and O–H groups in total. The van der Waals surface area contributed by atoms with Crippen LogP contribution < -0.4 is 32.3 Å². The fourth-order valence-electron chi connectivity index (χ4n) is 6.24. The van der Waals surface area contributed by atoms with Gasteiger partial charge in [-0.1, -0.05) is 0 Å². The van der Waals surface area contributed by atoms with Crippen LogP contribution in [-0.4, -0.2) is 193 Å². The van der Waals surface area contributed by atoms with Gasteiger partial charge in [0.05, 0.1) is 13.2 Å². The second kappa shape index (κ2) is 24.0. The molecule has 26 heteroatoms. The van der Waals surface area contributed by atoms with E-state index in [1.807, 2.05) is 0 Å². The normalized spacial score (nSPS) is 29.0. The zero-order chi connectivity index (χ0) is 45.6. The van der Waals surface area contributed by atoms with Crippen LogP contribution in [0.4, 0.5) is 0 Å². The second-order valence-electron chi connectivity index (χ2n) is 14.3. The zero-order valence-corrected chi connectivity index (χ0v) is 33.2. The van der Waals surface area contributed by atoms with Crippen molar-refractivity contribution in [3.8, 4) is 0 Å². The summed E-state index contributed by atoms with van der Waals surface area (Å²) in [5.74, 6) is -8.68. The summed E-state index contributed by atoms with van der Waals surface area (Å²) < 4.78 is 23.0. The standard InChI is InChI=1S/C34H56N6O20/c1-12(28(48)40-18(32(54)55)8-9-21(45)39-17(31(52)53)7-5-6-16(35)30(50)51)36-29(49)13(2)57-27-23(38-15(4)44)33(56)58-20(11-42)26(27)60-34-22(37-14(3)43)25(47)24(46)19(10-41)59-34/h12-13,16-20,22-27,33-34,41-42,46-47,56H,5-11,35H2,1-4H3,(H,36,49)(H,37,43)(H,38,44)(H,39,45)(H,40,48)(H,50,51)(H,52,53)(H,54,55)/t12-,13?,16?,17-,18+,19+,20+,22+,23+,24+,25+,26+,27+,33-,34-/m0/s1. The molecule has 5 amide bonds. The quantitative estimate of drug-likeness (QED) is 0.0454. The number of rotatable bonds is 23. The van der Waals surface area contributed by atoms with E-state index in [2.05, 4.69) is 26.6 Å². The predicted molar refractivity (Wildman–Crippen MR) is 196 cm³/mol. The van der Waals surface area contributed by atoms with Gasteiger partial charge in [-0.05, 0) is 39.5 Å². The van der Waals surface area contributed by atoms with Crippen LogP contribution in [-0.2, 0) is 57.3 Å². The second-order valence-corrected chi connectivity index (χ2v) is 14.3. The Bertz CT molecular complexity index is 1520. The van der Waals surface area contributed by atoms with Crippen molar-refractivity contribution in [1.82, 2.24) is 26.6 Å². The summed E-state index contributed by atoms with van der Waals surface area (Å²) in [5.41, 5.74) is 5.40. The van der Waals surface area contributed by atoms with Crippen molar-refractivity contribution in [3.63, 3.8) is 0 Å². The summed E-state index contributed by atoms with van der Waals surface area (Å²) in [5, 5.41) is 91.3. The van der Waals surface area contributed by atoms with Gasteiger partial charge in [-0.15, -0.1) is 0 Å². The monoisotopic (exact) mass is 868 g/mol. The summed E-state index contributed by atoms with van der Waals surface area (Å²) in [7, 11) is 0. The van der Waals surface area contributed by atoms with E-state index in [9.17, 15) is 74.1 Å². The third-order valence-electron chi connectivity index (χ3n) is 9.47. The number of nitrogens with one attached hydrogen (secondary N) is 5. The lowest BCUT2D eigenvalue weighted by atomic mass is 9.94. The predicted octanol–water partition coefficient (Wildman–Crippen LogP) is -6.69. The Balaban J connectivity index is 2.18. The Morgan fingerprint density at radius 1 is 0.683 bits per heavy atom. The maximum absolute atomic E-state index is 13.4. The highest BCUT2D eigenvalue weighted by atomic mass is 16.7. The zero-order valence-electron chi connectivity index (χ0n) is 33.2. The molecule has 0 radical (unpaired) electrons. The lowest BCUT2D eigenvalue weighted by Gasteiger charge is -2.48. The van der Waals surface area contributed by atoms with Crippen molar-refractivity contribution >= 4 is 47.4 Å². The molecular formula is C34H56N6O20. The molecule has 2 unspecified atom stereocenters. The lowest BCUT2D eigenvalue weighted by Crippen LogP contribution is -2.70. The van der Waals surface area contributed by atoms with Crippen LogP contribution in [0, 0.1) is 0 Å². The first kappa shape index (κ1) is 51.5. The van der Waals surface area contributed by atoms with Crippen molar-refractivity contribution in [3.05, 3.63) is 0 Å². The Morgan fingerprint density at radius 2 is 1.25 bits per heavy atom. The van der Waals surface area contributed by atoms with Crippen LogP contribution in [0.5, 0.6) is 0 Å². The number of nitrogens with two attached hydrogens (primary N) is 1. The highest BCUT2D eigenvalue weighted by Gasteiger charge is 2.53. The van der Waals surface area contributed by atoms with Crippen molar-refractivity contribution in [1.29, 1.82) is 0 Å². The van der Waals surface area contributed by atoms with Crippen LogP contribution in [0.3, 0.4) is 0 Å². The maximum Gasteiger partial charge on any atom is 0.326 e. The Labute approximate surface area is 342 Å². The van der Waals surface area contributed by atoms with E-state index < -0.39 is 165 Å². The first-order valence-electron chi connectivity index (χ1n) is 18.8. The molecule has 60 heavy (non-hydrogen) atoms. The number of carboxylic acid groups (broad SMARTS) is 3. The minimum Gasteiger partial charge on any atom is -0.480 e. The van der Waals surface area contributed by atoms with Gasteiger partial charge < -0.3 is 92.1 Å². The number of carbonyl (C=O) groups is 8. The van der Waals surface area contributed by atoms with Gasteiger partial charge in [-0.25, -0.2) is 9.59 Å². The third kappa shape index (κ3) is 15.1. The number of carbonyl (C=O) groups excluding carboxylic acids is 5. The molecule has 0 bridgehead atoms. The molecule has 342 valence electrons. The van der Waals surface area contributed by atoms with Crippen molar-refractivity contribution in [2.24, 2.45) is 5.73 Å². The summed E-state index contributed by atoms with van der Waals surface area (Å²) in [6, 6.07) is -8.87. The third-order valence-corrected chi connectivity index (χ3v) is 9.47. The fraction of sp³-hybridized carbons (Fsp3) is 0.765. The molecule has 0 spiro atoms. The molecule has 26 nitrogen and oxygen atoms in total. The molecule has 2 aliphatic heterocycles. The lowest BCUT2D eigenvalue weighted by molar-refractivity contribution is -0.333. The van der Waals surface area contributed by atoms with Crippen LogP contribution in [0.15, 0.2) is 0 Å². The molecule has 0 saturated carbocycles. The van der Waals surface area contributed by atoms with Crippen molar-refractivity contribution < 1.29 is 98.2 Å². The molecular weight excluding hydrogens is 812 g/mol. The number of amides is 5. The van der Waals surface area contributed by atoms with E-state index in [1.54, 1.807) is 0 Å². The van der Waals surface area contributed by atoms with Gasteiger partial charge in [0.1, 0.15) is 79.0 Å². The minimum atomic E-state index is -1.89. The molecule has 0 aliphatic carbocycles. The van der Waals surface area contributed by atoms with E-state index in [0.29, 0.717) is 0 Å². The first-order chi connectivity index (χ1) is 28.0. The van der Waals surface area contributed by atoms with E-state index in [-0.39, 0.29) is 19.3 Å². The molecule has 2 heterocycles. The van der Waals surface area contributed by atoms with Gasteiger partial charge in [0.25, 0.3) is 0 Å². The van der Waals surface area contributed by atoms with Crippen LogP contribution in [0.25, 0.3) is 0 Å². The molecule has 2 saturated heterocycles. The minimum absolute atomic E-state index is 0.0363. The SMILES string of the molecule is CC(=O)N[C@@H]1[C@@H](OC(C)C(=O)N[C@@H](C)C(=O)N[C@H](CCC(=O)N[C@@H](CCCC(N)C(=O)O)C(=O)O)C(=O)O)[C@H](O[C@@H]2O[C@H](CO)[C@@H](O)[C@H](O)[C@H]2NC(C)=O)[C@@H](CO)O[C@@H]1O. The molecule has 0 aromatic rings. The highest BCUT2D eigenvalue weighted by molar-refractivity contribution is 5.91. The van der Waals surface area contributed by atoms with Gasteiger partial charge in [-0.3, -0.25) is 28.8 Å². The smallest absolute Gasteiger partial charge is 0.326 e. The van der Waals surface area contributed by atoms with Crippen LogP contribution >= 0.6 is 0 Å². The van der Waals surface area contributed by atoms with Gasteiger partial charge in [-0.2, -0.15) is 0 Å². The Morgan fingerprint density at radius 3 is 1.78 bits per heavy atom. The molecule has 2 rings (SSSR count). The number of aliphatic carboxylic acids is 3. The summed E-state index contributed by atoms with van der Waals surface area (Å²) in [6.07, 6.45) is -16.1. The van der Waals surface area contributed by atoms with Crippen molar-refractivity contribution in [2.45, 2.75) is 151 Å². The van der Waals surface area contributed by atoms with Gasteiger partial charge >= 0.3 is 17.9 Å². The topological polar surface area (TPSA) is 421 Å². The largest absolute Gasteiger partial charge is 0.480 e. The first-order valence-corrected chi connectivity index (χ1v) is 18.8. The Kier molecular flexibility index (Phi) is 20.6. The van der Waals surface area contributed by atoms with Gasteiger partial charge in [0, 0.05) is 20.3 Å². The average molecular weight is 869 g/mol. The highest BCUT2D eigenvalue weighted by Crippen LogP contribution is 2.31. The van der Waals surface area contributed by atoms with E-state index in [1.165, 1.54) is 13.8 Å². The fourth-order valence-corrected chi connectivity index (χ4v) is 6.24. The average Bonchev–Trinajstić information content (AvgIpc) is 3.16. The van der Waals surface area contributed by atoms with Crippen molar-refractivity contribution in [2.75, 3.05) is 13.2 Å². The van der Waals surface area contributed by atoms with Gasteiger partial charge in [0.15, 0.2) is 12.6 Å². The number of hydrogen-bond acceptors (Lipinski definition) is 18. The number of ether oxygens (including phenoxy) is 4. The molecule has 15 atom stereocenters. The van der Waals surface area contributed by atoms with Crippen LogP contribution in [0.1, 0.15) is 59.8 Å². The maximum atomic E-state index is 13.4. The van der Waals surface area contributed by atoms with Crippen LogP contribution in [0.2, 0.25) is 0 Å². The summed E-state index contributed by atoms with van der Waals surface area (Å²) in [6.45, 7) is 2.80. The summed E-state index contributed by atoms with van der Waals surface area (Å²) >= 11 is 0. The molecule has 2 fully saturated rings. The van der Waals surface area contributed by atoms with E-state index in [0.717, 1.165) is 13.8 Å². The number of aliphatic hydroxyl groups is 5. The Hall–Kier alpha value is -4.64. The van der Waals surface area contributed by atoms with E-state index in [4.69, 9.17) is 29.8 Å². The van der Waals surface area contributed by atoms with E-state index >= 15 is 0 Å². The number of carboxylic acids is 3. The van der Waals surface area contributed by atoms with Gasteiger partial charge in [0.2, 0.25) is 29.5 Å². The summed E-state index contributed by atoms with van der Waals surface area (Å²) in [4.78, 5) is 97.5.